The molecule has 2 aromatic rings. The van der Waals surface area contributed by atoms with Gasteiger partial charge in [0, 0.05) is 29.4 Å². The molecule has 0 fully saturated rings. The third-order valence-corrected chi connectivity index (χ3v) is 3.10. The summed E-state index contributed by atoms with van der Waals surface area (Å²) >= 11 is 11.8. The van der Waals surface area contributed by atoms with Crippen LogP contribution in [0.3, 0.4) is 0 Å². The first-order valence-electron chi connectivity index (χ1n) is 5.14. The molecule has 0 amide bonds. The second-order valence-corrected chi connectivity index (χ2v) is 4.51. The summed E-state index contributed by atoms with van der Waals surface area (Å²) in [7, 11) is 0. The maximum atomic E-state index is 13.1. The monoisotopic (exact) mass is 283 g/mol. The molecule has 92 valence electrons. The SMILES string of the molecule is O=C(Cc1cc(F)ccc1Cl)c1ccncc1Cl. The first kappa shape index (κ1) is 13.0. The van der Waals surface area contributed by atoms with E-state index >= 15 is 0 Å². The summed E-state index contributed by atoms with van der Waals surface area (Å²) in [6, 6.07) is 5.44. The zero-order chi connectivity index (χ0) is 13.1. The van der Waals surface area contributed by atoms with Crippen LogP contribution in [0.25, 0.3) is 0 Å². The number of carbonyl (C=O) groups is 1. The third-order valence-electron chi connectivity index (χ3n) is 2.43. The lowest BCUT2D eigenvalue weighted by molar-refractivity contribution is 0.0993. The van der Waals surface area contributed by atoms with Crippen molar-refractivity contribution in [2.45, 2.75) is 6.42 Å². The van der Waals surface area contributed by atoms with E-state index in [0.717, 1.165) is 0 Å². The highest BCUT2D eigenvalue weighted by atomic mass is 35.5. The molecule has 0 aliphatic heterocycles. The molecule has 2 rings (SSSR count). The Morgan fingerprint density at radius 3 is 2.72 bits per heavy atom. The number of aromatic nitrogens is 1. The van der Waals surface area contributed by atoms with Gasteiger partial charge in [-0.1, -0.05) is 23.2 Å². The number of rotatable bonds is 3. The standard InChI is InChI=1S/C13H8Cl2FNO/c14-11-2-1-9(16)5-8(11)6-13(18)10-3-4-17-7-12(10)15/h1-5,7H,6H2. The van der Waals surface area contributed by atoms with E-state index in [2.05, 4.69) is 4.98 Å². The highest BCUT2D eigenvalue weighted by Gasteiger charge is 2.13. The van der Waals surface area contributed by atoms with Gasteiger partial charge in [0.15, 0.2) is 5.78 Å². The van der Waals surface area contributed by atoms with Gasteiger partial charge in [0.05, 0.1) is 5.02 Å². The van der Waals surface area contributed by atoms with Gasteiger partial charge in [0.25, 0.3) is 0 Å². The average Bonchev–Trinajstić information content (AvgIpc) is 2.34. The molecule has 0 saturated carbocycles. The van der Waals surface area contributed by atoms with Crippen molar-refractivity contribution in [1.29, 1.82) is 0 Å². The number of benzene rings is 1. The summed E-state index contributed by atoms with van der Waals surface area (Å²) < 4.78 is 13.1. The quantitative estimate of drug-likeness (QED) is 0.799. The first-order chi connectivity index (χ1) is 8.58. The number of hydrogen-bond donors (Lipinski definition) is 0. The van der Waals surface area contributed by atoms with Gasteiger partial charge in [0.1, 0.15) is 5.82 Å². The fourth-order valence-corrected chi connectivity index (χ4v) is 1.96. The lowest BCUT2D eigenvalue weighted by Crippen LogP contribution is -2.05. The number of carbonyl (C=O) groups excluding carboxylic acids is 1. The predicted octanol–water partition coefficient (Wildman–Crippen LogP) is 3.95. The maximum absolute atomic E-state index is 13.1. The molecule has 5 heteroatoms. The fraction of sp³-hybridized carbons (Fsp3) is 0.0769. The zero-order valence-corrected chi connectivity index (χ0v) is 10.7. The van der Waals surface area contributed by atoms with Crippen molar-refractivity contribution < 1.29 is 9.18 Å². The Hall–Kier alpha value is -1.45. The minimum absolute atomic E-state index is 0.000324. The number of nitrogens with zero attached hydrogens (tertiary/aromatic N) is 1. The van der Waals surface area contributed by atoms with Gasteiger partial charge in [-0.25, -0.2) is 4.39 Å². The van der Waals surface area contributed by atoms with E-state index in [4.69, 9.17) is 23.2 Å². The van der Waals surface area contributed by atoms with Gasteiger partial charge >= 0.3 is 0 Å². The molecule has 0 unspecified atom stereocenters. The van der Waals surface area contributed by atoms with Crippen LogP contribution in [0, 0.1) is 5.82 Å². The fourth-order valence-electron chi connectivity index (χ4n) is 1.55. The lowest BCUT2D eigenvalue weighted by atomic mass is 10.0. The van der Waals surface area contributed by atoms with E-state index < -0.39 is 5.82 Å². The van der Waals surface area contributed by atoms with Crippen molar-refractivity contribution in [3.63, 3.8) is 0 Å². The predicted molar refractivity (Wildman–Crippen MR) is 68.7 cm³/mol. The Bertz CT molecular complexity index is 601. The molecule has 0 N–H and O–H groups in total. The topological polar surface area (TPSA) is 30.0 Å². The van der Waals surface area contributed by atoms with Crippen molar-refractivity contribution in [2.75, 3.05) is 0 Å². The van der Waals surface area contributed by atoms with Crippen LogP contribution in [0.2, 0.25) is 10.0 Å². The van der Waals surface area contributed by atoms with Gasteiger partial charge in [-0.2, -0.15) is 0 Å². The van der Waals surface area contributed by atoms with Crippen molar-refractivity contribution in [3.05, 3.63) is 63.6 Å². The molecule has 0 aliphatic carbocycles. The minimum Gasteiger partial charge on any atom is -0.294 e. The molecule has 0 spiro atoms. The number of pyridine rings is 1. The molecule has 0 saturated heterocycles. The Morgan fingerprint density at radius 1 is 1.22 bits per heavy atom. The summed E-state index contributed by atoms with van der Waals surface area (Å²) in [5.41, 5.74) is 0.793. The molecule has 0 bridgehead atoms. The van der Waals surface area contributed by atoms with E-state index in [1.807, 2.05) is 0 Å². The number of ketones is 1. The molecule has 0 aliphatic rings. The largest absolute Gasteiger partial charge is 0.294 e. The van der Waals surface area contributed by atoms with Gasteiger partial charge in [-0.05, 0) is 29.8 Å². The normalized spacial score (nSPS) is 10.4. The maximum Gasteiger partial charge on any atom is 0.168 e. The van der Waals surface area contributed by atoms with Crippen molar-refractivity contribution in [1.82, 2.24) is 4.98 Å². The Morgan fingerprint density at radius 2 is 2.00 bits per heavy atom. The minimum atomic E-state index is -0.428. The number of hydrogen-bond acceptors (Lipinski definition) is 2. The molecular weight excluding hydrogens is 276 g/mol. The van der Waals surface area contributed by atoms with E-state index in [9.17, 15) is 9.18 Å². The summed E-state index contributed by atoms with van der Waals surface area (Å²) in [5, 5.41) is 0.630. The van der Waals surface area contributed by atoms with Crippen LogP contribution >= 0.6 is 23.2 Å². The van der Waals surface area contributed by atoms with Gasteiger partial charge in [0.2, 0.25) is 0 Å². The van der Waals surface area contributed by atoms with Crippen LogP contribution in [0.1, 0.15) is 15.9 Å². The van der Waals surface area contributed by atoms with Crippen LogP contribution in [0.4, 0.5) is 4.39 Å². The van der Waals surface area contributed by atoms with E-state index in [1.54, 1.807) is 0 Å². The highest BCUT2D eigenvalue weighted by molar-refractivity contribution is 6.34. The molecule has 0 radical (unpaired) electrons. The molecule has 18 heavy (non-hydrogen) atoms. The molecule has 1 heterocycles. The van der Waals surface area contributed by atoms with Crippen molar-refractivity contribution in [3.8, 4) is 0 Å². The van der Waals surface area contributed by atoms with Crippen molar-refractivity contribution in [2.24, 2.45) is 0 Å². The molecule has 1 aromatic heterocycles. The number of halogens is 3. The lowest BCUT2D eigenvalue weighted by Gasteiger charge is -2.05. The molecule has 1 aromatic carbocycles. The van der Waals surface area contributed by atoms with Crippen molar-refractivity contribution >= 4 is 29.0 Å². The Balaban J connectivity index is 2.27. The van der Waals surface area contributed by atoms with Crippen LogP contribution in [-0.4, -0.2) is 10.8 Å². The summed E-state index contributed by atoms with van der Waals surface area (Å²) in [6.45, 7) is 0. The van der Waals surface area contributed by atoms with Crippen LogP contribution in [0.15, 0.2) is 36.7 Å². The summed E-state index contributed by atoms with van der Waals surface area (Å²) in [6.07, 6.45) is 2.87. The van der Waals surface area contributed by atoms with Gasteiger partial charge in [-0.3, -0.25) is 9.78 Å². The van der Waals surface area contributed by atoms with Gasteiger partial charge in [-0.15, -0.1) is 0 Å². The van der Waals surface area contributed by atoms with E-state index in [0.29, 0.717) is 16.1 Å². The second-order valence-electron chi connectivity index (χ2n) is 3.69. The second kappa shape index (κ2) is 5.46. The first-order valence-corrected chi connectivity index (χ1v) is 5.90. The van der Waals surface area contributed by atoms with E-state index in [1.165, 1.54) is 36.7 Å². The van der Waals surface area contributed by atoms with E-state index in [-0.39, 0.29) is 17.2 Å². The zero-order valence-electron chi connectivity index (χ0n) is 9.16. The summed E-state index contributed by atoms with van der Waals surface area (Å²) in [4.78, 5) is 15.8. The Kier molecular flexibility index (Phi) is 3.94. The molecule has 0 atom stereocenters. The van der Waals surface area contributed by atoms with Crippen LogP contribution in [0.5, 0.6) is 0 Å². The smallest absolute Gasteiger partial charge is 0.168 e. The summed E-state index contributed by atoms with van der Waals surface area (Å²) in [5.74, 6) is -0.655. The highest BCUT2D eigenvalue weighted by Crippen LogP contribution is 2.21. The third kappa shape index (κ3) is 2.86. The molecule has 2 nitrogen and oxygen atoms in total. The van der Waals surface area contributed by atoms with Crippen LogP contribution < -0.4 is 0 Å². The molecular formula is C13H8Cl2FNO. The Labute approximate surface area is 113 Å². The van der Waals surface area contributed by atoms with Gasteiger partial charge < -0.3 is 0 Å². The van der Waals surface area contributed by atoms with Crippen LogP contribution in [-0.2, 0) is 6.42 Å². The average molecular weight is 284 g/mol. The number of Topliss-reactive ketones (excluding diaryl/α,β-unsaturated/α-hetero) is 1.